The minimum atomic E-state index is -0.466. The molecule has 0 aliphatic carbocycles. The van der Waals surface area contributed by atoms with E-state index in [1.165, 1.54) is 0 Å². The van der Waals surface area contributed by atoms with E-state index < -0.39 is 6.04 Å². The lowest BCUT2D eigenvalue weighted by Crippen LogP contribution is -2.44. The van der Waals surface area contributed by atoms with Gasteiger partial charge in [0.25, 0.3) is 0 Å². The molecule has 0 radical (unpaired) electrons. The molecule has 4 nitrogen and oxygen atoms in total. The molecular weight excluding hydrogens is 252 g/mol. The molecule has 0 bridgehead atoms. The molecule has 4 heteroatoms. The Hall–Kier alpha value is -1.84. The van der Waals surface area contributed by atoms with Crippen LogP contribution in [-0.2, 0) is 9.59 Å². The van der Waals surface area contributed by atoms with E-state index in [0.717, 1.165) is 12.1 Å². The van der Waals surface area contributed by atoms with Gasteiger partial charge in [-0.1, -0.05) is 45.4 Å². The van der Waals surface area contributed by atoms with Crippen LogP contribution in [0.2, 0.25) is 0 Å². The topological polar surface area (TPSA) is 58.2 Å². The molecule has 0 unspecified atom stereocenters. The van der Waals surface area contributed by atoms with Crippen LogP contribution in [0.25, 0.3) is 0 Å². The standard InChI is InChI=1S/C16H24N2O2/c1-4-8-14(18-15(19)11-12(2)3)16(20)17-13-9-6-5-7-10-13/h5-7,9-10,12,14H,4,8,11H2,1-3H3,(H,17,20)(H,18,19)/t14-/m0/s1. The fourth-order valence-corrected chi connectivity index (χ4v) is 1.93. The summed E-state index contributed by atoms with van der Waals surface area (Å²) in [6.07, 6.45) is 1.93. The minimum Gasteiger partial charge on any atom is -0.344 e. The molecule has 20 heavy (non-hydrogen) atoms. The van der Waals surface area contributed by atoms with Crippen LogP contribution in [-0.4, -0.2) is 17.9 Å². The number of para-hydroxylation sites is 1. The van der Waals surface area contributed by atoms with Crippen LogP contribution in [0.1, 0.15) is 40.0 Å². The second-order valence-corrected chi connectivity index (χ2v) is 5.36. The van der Waals surface area contributed by atoms with Crippen molar-refractivity contribution in [1.82, 2.24) is 5.32 Å². The maximum absolute atomic E-state index is 12.2. The van der Waals surface area contributed by atoms with Crippen LogP contribution in [0.5, 0.6) is 0 Å². The maximum Gasteiger partial charge on any atom is 0.246 e. The Morgan fingerprint density at radius 2 is 1.80 bits per heavy atom. The molecule has 0 spiro atoms. The molecule has 0 aliphatic heterocycles. The molecule has 1 aromatic rings. The summed E-state index contributed by atoms with van der Waals surface area (Å²) in [5.74, 6) is 0.0614. The fraction of sp³-hybridized carbons (Fsp3) is 0.500. The number of nitrogens with one attached hydrogen (secondary N) is 2. The first-order valence-electron chi connectivity index (χ1n) is 7.18. The number of rotatable bonds is 7. The van der Waals surface area contributed by atoms with Gasteiger partial charge < -0.3 is 10.6 Å². The average molecular weight is 276 g/mol. The fourth-order valence-electron chi connectivity index (χ4n) is 1.93. The Morgan fingerprint density at radius 3 is 2.35 bits per heavy atom. The molecule has 0 fully saturated rings. The third-order valence-electron chi connectivity index (χ3n) is 2.86. The monoisotopic (exact) mass is 276 g/mol. The van der Waals surface area contributed by atoms with Crippen molar-refractivity contribution in [2.45, 2.75) is 46.1 Å². The van der Waals surface area contributed by atoms with E-state index in [4.69, 9.17) is 0 Å². The van der Waals surface area contributed by atoms with Crippen molar-refractivity contribution in [2.75, 3.05) is 5.32 Å². The smallest absolute Gasteiger partial charge is 0.246 e. The number of hydrogen-bond acceptors (Lipinski definition) is 2. The highest BCUT2D eigenvalue weighted by Gasteiger charge is 2.20. The molecule has 1 aromatic carbocycles. The van der Waals surface area contributed by atoms with Crippen LogP contribution in [0.4, 0.5) is 5.69 Å². The highest BCUT2D eigenvalue weighted by atomic mass is 16.2. The summed E-state index contributed by atoms with van der Waals surface area (Å²) in [5.41, 5.74) is 0.747. The van der Waals surface area contributed by atoms with Crippen molar-refractivity contribution in [3.63, 3.8) is 0 Å². The second-order valence-electron chi connectivity index (χ2n) is 5.36. The van der Waals surface area contributed by atoms with Gasteiger partial charge in [-0.15, -0.1) is 0 Å². The number of amides is 2. The zero-order valence-corrected chi connectivity index (χ0v) is 12.5. The van der Waals surface area contributed by atoms with Crippen molar-refractivity contribution in [3.8, 4) is 0 Å². The quantitative estimate of drug-likeness (QED) is 0.804. The second kappa shape index (κ2) is 8.35. The Morgan fingerprint density at radius 1 is 1.15 bits per heavy atom. The molecule has 0 saturated carbocycles. The summed E-state index contributed by atoms with van der Waals surface area (Å²) in [6.45, 7) is 5.97. The van der Waals surface area contributed by atoms with Gasteiger partial charge >= 0.3 is 0 Å². The summed E-state index contributed by atoms with van der Waals surface area (Å²) < 4.78 is 0. The summed E-state index contributed by atoms with van der Waals surface area (Å²) in [7, 11) is 0. The van der Waals surface area contributed by atoms with Crippen molar-refractivity contribution in [2.24, 2.45) is 5.92 Å². The van der Waals surface area contributed by atoms with Crippen LogP contribution in [0, 0.1) is 5.92 Å². The number of carbonyl (C=O) groups excluding carboxylic acids is 2. The maximum atomic E-state index is 12.2. The first-order valence-corrected chi connectivity index (χ1v) is 7.18. The molecule has 0 aliphatic rings. The third kappa shape index (κ3) is 5.87. The van der Waals surface area contributed by atoms with Crippen molar-refractivity contribution >= 4 is 17.5 Å². The first kappa shape index (κ1) is 16.2. The lowest BCUT2D eigenvalue weighted by Gasteiger charge is -2.18. The van der Waals surface area contributed by atoms with E-state index in [9.17, 15) is 9.59 Å². The van der Waals surface area contributed by atoms with Gasteiger partial charge in [0, 0.05) is 12.1 Å². The molecule has 2 amide bonds. The van der Waals surface area contributed by atoms with E-state index in [2.05, 4.69) is 10.6 Å². The van der Waals surface area contributed by atoms with Gasteiger partial charge in [-0.05, 0) is 24.5 Å². The number of anilines is 1. The summed E-state index contributed by atoms with van der Waals surface area (Å²) in [5, 5.41) is 5.65. The normalized spacial score (nSPS) is 12.0. The summed E-state index contributed by atoms with van der Waals surface area (Å²) >= 11 is 0. The molecular formula is C16H24N2O2. The zero-order chi connectivity index (χ0) is 15.0. The van der Waals surface area contributed by atoms with Crippen molar-refractivity contribution in [1.29, 1.82) is 0 Å². The Kier molecular flexibility index (Phi) is 6.77. The van der Waals surface area contributed by atoms with Crippen molar-refractivity contribution < 1.29 is 9.59 Å². The number of benzene rings is 1. The highest BCUT2D eigenvalue weighted by Crippen LogP contribution is 2.08. The van der Waals surface area contributed by atoms with E-state index in [1.807, 2.05) is 51.1 Å². The van der Waals surface area contributed by atoms with Gasteiger partial charge in [0.2, 0.25) is 11.8 Å². The number of carbonyl (C=O) groups is 2. The number of hydrogen-bond donors (Lipinski definition) is 2. The summed E-state index contributed by atoms with van der Waals surface area (Å²) in [6, 6.07) is 8.81. The van der Waals surface area contributed by atoms with Crippen LogP contribution in [0.3, 0.4) is 0 Å². The average Bonchev–Trinajstić information content (AvgIpc) is 2.38. The molecule has 1 rings (SSSR count). The van der Waals surface area contributed by atoms with Gasteiger partial charge in [0.05, 0.1) is 0 Å². The Labute approximate surface area is 121 Å². The largest absolute Gasteiger partial charge is 0.344 e. The van der Waals surface area contributed by atoms with E-state index >= 15 is 0 Å². The zero-order valence-electron chi connectivity index (χ0n) is 12.5. The SMILES string of the molecule is CCC[C@H](NC(=O)CC(C)C)C(=O)Nc1ccccc1. The van der Waals surface area contributed by atoms with Crippen molar-refractivity contribution in [3.05, 3.63) is 30.3 Å². The molecule has 1 atom stereocenters. The third-order valence-corrected chi connectivity index (χ3v) is 2.86. The molecule has 2 N–H and O–H groups in total. The molecule has 110 valence electrons. The molecule has 0 saturated heterocycles. The first-order chi connectivity index (χ1) is 9.52. The predicted octanol–water partition coefficient (Wildman–Crippen LogP) is 2.96. The van der Waals surface area contributed by atoms with E-state index in [0.29, 0.717) is 12.8 Å². The lowest BCUT2D eigenvalue weighted by atomic mass is 10.1. The lowest BCUT2D eigenvalue weighted by molar-refractivity contribution is -0.127. The van der Waals surface area contributed by atoms with Gasteiger partial charge in [-0.25, -0.2) is 0 Å². The predicted molar refractivity (Wildman–Crippen MR) is 81.4 cm³/mol. The van der Waals surface area contributed by atoms with Gasteiger partial charge in [0.1, 0.15) is 6.04 Å². The van der Waals surface area contributed by atoms with Crippen LogP contribution in [0.15, 0.2) is 30.3 Å². The highest BCUT2D eigenvalue weighted by molar-refractivity contribution is 5.97. The Bertz CT molecular complexity index is 429. The molecule has 0 aromatic heterocycles. The van der Waals surface area contributed by atoms with E-state index in [-0.39, 0.29) is 17.7 Å². The minimum absolute atomic E-state index is 0.0679. The van der Waals surface area contributed by atoms with Gasteiger partial charge in [0.15, 0.2) is 0 Å². The van der Waals surface area contributed by atoms with Crippen LogP contribution < -0.4 is 10.6 Å². The Balaban J connectivity index is 2.60. The van der Waals surface area contributed by atoms with E-state index in [1.54, 1.807) is 0 Å². The summed E-state index contributed by atoms with van der Waals surface area (Å²) in [4.78, 5) is 24.0. The van der Waals surface area contributed by atoms with Crippen LogP contribution >= 0.6 is 0 Å². The molecule has 0 heterocycles. The van der Waals surface area contributed by atoms with Gasteiger partial charge in [-0.2, -0.15) is 0 Å². The van der Waals surface area contributed by atoms with Gasteiger partial charge in [-0.3, -0.25) is 9.59 Å².